The second-order valence-electron chi connectivity index (χ2n) is 6.95. The number of nitrogens with one attached hydrogen (secondary N) is 2. The van der Waals surface area contributed by atoms with Gasteiger partial charge in [0.25, 0.3) is 17.5 Å². The molecule has 2 N–H and O–H groups in total. The summed E-state index contributed by atoms with van der Waals surface area (Å²) in [6.07, 6.45) is -10.4. The first-order chi connectivity index (χ1) is 15.3. The zero-order chi connectivity index (χ0) is 24.6. The number of urea groups is 1. The summed E-state index contributed by atoms with van der Waals surface area (Å²) in [5.74, 6) is -3.05. The first kappa shape index (κ1) is 23.9. The molecule has 1 atom stereocenters. The summed E-state index contributed by atoms with van der Waals surface area (Å²) >= 11 is 0. The van der Waals surface area contributed by atoms with Crippen molar-refractivity contribution in [3.05, 3.63) is 65.2 Å². The van der Waals surface area contributed by atoms with E-state index in [9.17, 15) is 40.7 Å². The van der Waals surface area contributed by atoms with Gasteiger partial charge in [0.2, 0.25) is 0 Å². The van der Waals surface area contributed by atoms with Gasteiger partial charge in [0.1, 0.15) is 5.75 Å². The molecule has 13 heteroatoms. The first-order valence-corrected chi connectivity index (χ1v) is 9.12. The molecule has 33 heavy (non-hydrogen) atoms. The summed E-state index contributed by atoms with van der Waals surface area (Å²) in [7, 11) is 1.39. The van der Waals surface area contributed by atoms with Crippen molar-refractivity contribution in [2.45, 2.75) is 24.6 Å². The Balaban J connectivity index is 1.90. The highest BCUT2D eigenvalue weighted by atomic mass is 19.4. The van der Waals surface area contributed by atoms with Gasteiger partial charge in [-0.25, -0.2) is 4.79 Å². The number of benzene rings is 2. The lowest BCUT2D eigenvalue weighted by molar-refractivity contribution is -0.200. The van der Waals surface area contributed by atoms with E-state index in [1.165, 1.54) is 42.0 Å². The number of hydrogen-bond acceptors (Lipinski definition) is 4. The van der Waals surface area contributed by atoms with E-state index in [1.54, 1.807) is 0 Å². The third kappa shape index (κ3) is 4.56. The average Bonchev–Trinajstić information content (AvgIpc) is 2.98. The molecular weight excluding hydrogens is 460 g/mol. The van der Waals surface area contributed by atoms with Crippen LogP contribution in [0.25, 0.3) is 0 Å². The van der Waals surface area contributed by atoms with Crippen LogP contribution >= 0.6 is 0 Å². The van der Waals surface area contributed by atoms with Crippen LogP contribution in [0.5, 0.6) is 5.75 Å². The fraction of sp³-hybridized carbons (Fsp3) is 0.250. The Morgan fingerprint density at radius 3 is 2.24 bits per heavy atom. The third-order valence-corrected chi connectivity index (χ3v) is 4.78. The molecule has 2 aromatic carbocycles. The molecular formula is C20H15F6N3O4. The van der Waals surface area contributed by atoms with Crippen LogP contribution in [0, 0.1) is 0 Å². The maximum atomic E-state index is 13.9. The second kappa shape index (κ2) is 8.30. The van der Waals surface area contributed by atoms with Gasteiger partial charge in [-0.3, -0.25) is 19.8 Å². The maximum Gasteiger partial charge on any atom is 0.440 e. The number of ether oxygens (including phenoxy) is 1. The Kier molecular flexibility index (Phi) is 6.00. The van der Waals surface area contributed by atoms with Crippen molar-refractivity contribution >= 4 is 17.8 Å². The van der Waals surface area contributed by atoms with Crippen LogP contribution in [0.3, 0.4) is 0 Å². The molecule has 1 saturated heterocycles. The molecule has 0 unspecified atom stereocenters. The summed E-state index contributed by atoms with van der Waals surface area (Å²) in [4.78, 5) is 37.6. The molecule has 1 fully saturated rings. The molecule has 7 nitrogen and oxygen atoms in total. The molecule has 1 aliphatic rings. The van der Waals surface area contributed by atoms with Crippen LogP contribution in [-0.2, 0) is 17.5 Å². The highest BCUT2D eigenvalue weighted by Gasteiger charge is 2.68. The highest BCUT2D eigenvalue weighted by Crippen LogP contribution is 2.35. The minimum atomic E-state index is -5.51. The van der Waals surface area contributed by atoms with Crippen LogP contribution in [0.15, 0.2) is 48.5 Å². The fourth-order valence-corrected chi connectivity index (χ4v) is 3.06. The number of rotatable bonds is 5. The Morgan fingerprint density at radius 1 is 1.06 bits per heavy atom. The van der Waals surface area contributed by atoms with E-state index >= 15 is 0 Å². The molecule has 0 saturated carbocycles. The molecule has 4 amide bonds. The first-order valence-electron chi connectivity index (χ1n) is 9.12. The van der Waals surface area contributed by atoms with Gasteiger partial charge in [0, 0.05) is 5.56 Å². The summed E-state index contributed by atoms with van der Waals surface area (Å²) < 4.78 is 85.4. The number of hydrogen-bond donors (Lipinski definition) is 2. The van der Waals surface area contributed by atoms with E-state index in [-0.39, 0.29) is 10.5 Å². The number of amides is 4. The molecule has 0 aromatic heterocycles. The van der Waals surface area contributed by atoms with Gasteiger partial charge in [0.15, 0.2) is 0 Å². The zero-order valence-corrected chi connectivity index (χ0v) is 16.7. The monoisotopic (exact) mass is 475 g/mol. The van der Waals surface area contributed by atoms with Gasteiger partial charge in [-0.2, -0.15) is 26.3 Å². The van der Waals surface area contributed by atoms with Crippen molar-refractivity contribution in [1.82, 2.24) is 15.5 Å². The molecule has 3 rings (SSSR count). The van der Waals surface area contributed by atoms with Gasteiger partial charge >= 0.3 is 18.4 Å². The van der Waals surface area contributed by atoms with Gasteiger partial charge in [0.05, 0.1) is 19.2 Å². The van der Waals surface area contributed by atoms with Crippen LogP contribution in [-0.4, -0.2) is 41.7 Å². The number of imide groups is 1. The second-order valence-corrected chi connectivity index (χ2v) is 6.95. The number of nitrogens with zero attached hydrogens (tertiary/aromatic N) is 1. The number of carbonyl (C=O) groups is 3. The Morgan fingerprint density at radius 2 is 1.70 bits per heavy atom. The van der Waals surface area contributed by atoms with Crippen molar-refractivity contribution < 1.29 is 45.5 Å². The highest BCUT2D eigenvalue weighted by molar-refractivity contribution is 6.10. The maximum absolute atomic E-state index is 13.9. The van der Waals surface area contributed by atoms with Gasteiger partial charge in [-0.15, -0.1) is 0 Å². The van der Waals surface area contributed by atoms with Crippen LogP contribution in [0.4, 0.5) is 31.1 Å². The van der Waals surface area contributed by atoms with Crippen LogP contribution < -0.4 is 15.4 Å². The minimum Gasteiger partial charge on any atom is -0.497 e. The van der Waals surface area contributed by atoms with Crippen molar-refractivity contribution in [3.63, 3.8) is 0 Å². The fourth-order valence-electron chi connectivity index (χ4n) is 3.06. The molecule has 1 heterocycles. The lowest BCUT2D eigenvalue weighted by atomic mass is 10.1. The largest absolute Gasteiger partial charge is 0.497 e. The summed E-state index contributed by atoms with van der Waals surface area (Å²) in [6.45, 7) is -0.564. The Hall–Kier alpha value is -3.77. The molecule has 1 aliphatic heterocycles. The van der Waals surface area contributed by atoms with Crippen molar-refractivity contribution in [3.8, 4) is 5.75 Å². The molecule has 176 valence electrons. The van der Waals surface area contributed by atoms with E-state index in [0.717, 1.165) is 12.1 Å². The molecule has 0 spiro atoms. The van der Waals surface area contributed by atoms with Crippen molar-refractivity contribution in [2.75, 3.05) is 7.11 Å². The van der Waals surface area contributed by atoms with E-state index in [2.05, 4.69) is 0 Å². The normalized spacial score (nSPS) is 18.8. The van der Waals surface area contributed by atoms with E-state index in [4.69, 9.17) is 4.74 Å². The zero-order valence-electron chi connectivity index (χ0n) is 16.7. The third-order valence-electron chi connectivity index (χ3n) is 4.78. The smallest absolute Gasteiger partial charge is 0.440 e. The topological polar surface area (TPSA) is 87.7 Å². The average molecular weight is 475 g/mol. The lowest BCUT2D eigenvalue weighted by Gasteiger charge is -2.30. The predicted molar refractivity (Wildman–Crippen MR) is 99.8 cm³/mol. The van der Waals surface area contributed by atoms with Crippen molar-refractivity contribution in [1.29, 1.82) is 0 Å². The van der Waals surface area contributed by atoms with Crippen molar-refractivity contribution in [2.24, 2.45) is 0 Å². The van der Waals surface area contributed by atoms with Crippen LogP contribution in [0.2, 0.25) is 0 Å². The molecule has 0 bridgehead atoms. The summed E-state index contributed by atoms with van der Waals surface area (Å²) in [5.41, 5.74) is -5.65. The van der Waals surface area contributed by atoms with E-state index in [1.807, 2.05) is 0 Å². The summed E-state index contributed by atoms with van der Waals surface area (Å²) in [6, 6.07) is 6.90. The SMILES string of the molecule is COc1ccc(CN2C(=O)N[C@](NC(=O)c3cccc(C(F)(F)F)c3)(C(F)(F)F)C2=O)cc1. The molecule has 0 radical (unpaired) electrons. The van der Waals surface area contributed by atoms with E-state index in [0.29, 0.717) is 17.9 Å². The number of halogens is 6. The van der Waals surface area contributed by atoms with Gasteiger partial charge < -0.3 is 10.1 Å². The quantitative estimate of drug-likeness (QED) is 0.513. The molecule has 0 aliphatic carbocycles. The van der Waals surface area contributed by atoms with Gasteiger partial charge in [-0.05, 0) is 35.9 Å². The van der Waals surface area contributed by atoms with E-state index < -0.39 is 53.5 Å². The summed E-state index contributed by atoms with van der Waals surface area (Å²) in [5, 5.41) is 2.80. The van der Waals surface area contributed by atoms with Crippen LogP contribution in [0.1, 0.15) is 21.5 Å². The Labute approximate surface area is 182 Å². The Bertz CT molecular complexity index is 1080. The van der Waals surface area contributed by atoms with Gasteiger partial charge in [-0.1, -0.05) is 18.2 Å². The lowest BCUT2D eigenvalue weighted by Crippen LogP contribution is -2.69. The number of methoxy groups -OCH3 is 1. The predicted octanol–water partition coefficient (Wildman–Crippen LogP) is 3.45. The molecule has 2 aromatic rings. The standard InChI is InChI=1S/C20H15F6N3O4/c1-33-14-7-5-11(6-8-14)10-29-16(31)18(20(24,25)26,28-17(29)32)27-15(30)12-3-2-4-13(9-12)19(21,22)23/h2-9H,10H2,1H3,(H,27,30)(H,28,32)/t18-/m0/s1. The minimum absolute atomic E-state index is 0.238. The number of carbonyl (C=O) groups excluding carboxylic acids is 3. The number of alkyl halides is 6.